The molecule has 1 amide bonds. The number of aliphatic carboxylic acids is 1. The lowest BCUT2D eigenvalue weighted by molar-refractivity contribution is -0.436. The van der Waals surface area contributed by atoms with Crippen molar-refractivity contribution in [3.05, 3.63) is 33.3 Å². The summed E-state index contributed by atoms with van der Waals surface area (Å²) in [5, 5.41) is 23.4. The van der Waals surface area contributed by atoms with Gasteiger partial charge in [0, 0.05) is 12.1 Å². The zero-order valence-corrected chi connectivity index (χ0v) is 10.3. The van der Waals surface area contributed by atoms with Crippen LogP contribution in [0, 0.1) is 10.1 Å². The summed E-state index contributed by atoms with van der Waals surface area (Å²) in [6.07, 6.45) is -0.415. The Morgan fingerprint density at radius 1 is 1.47 bits per heavy atom. The number of non-ortho nitro benzene ring substituents is 1. The number of carboxylic acids is 1. The molecule has 0 bridgehead atoms. The average Bonchev–Trinajstić information content (AvgIpc) is 2.31. The van der Waals surface area contributed by atoms with E-state index in [-0.39, 0.29) is 16.4 Å². The van der Waals surface area contributed by atoms with Crippen molar-refractivity contribution < 1.29 is 25.4 Å². The van der Waals surface area contributed by atoms with Gasteiger partial charge >= 0.3 is 0 Å². The molecule has 9 heteroatoms. The Balaban J connectivity index is 2.81. The van der Waals surface area contributed by atoms with Crippen LogP contribution < -0.4 is 16.2 Å². The maximum Gasteiger partial charge on any atom is 0.271 e. The standard InChI is InChI=1S/C10H10ClN3O5/c11-6-2-1-5(14(18)19)3-8(6)13-9(15)4-7(12)10(16)17/h1-3,7H,4,12H2,(H,13,15)(H,16,17)/t7-/m0/s1. The van der Waals surface area contributed by atoms with Crippen molar-refractivity contribution in [1.29, 1.82) is 0 Å². The molecule has 0 heterocycles. The number of hydrogen-bond donors (Lipinski definition) is 2. The second-order valence-electron chi connectivity index (χ2n) is 3.69. The predicted molar refractivity (Wildman–Crippen MR) is 63.0 cm³/mol. The van der Waals surface area contributed by atoms with Crippen molar-refractivity contribution in [3.63, 3.8) is 0 Å². The van der Waals surface area contributed by atoms with Crippen LogP contribution in [0.3, 0.4) is 0 Å². The molecule has 0 fully saturated rings. The number of halogens is 1. The number of rotatable bonds is 5. The molecule has 0 aliphatic heterocycles. The third-order valence-electron chi connectivity index (χ3n) is 2.20. The molecule has 0 aromatic heterocycles. The molecule has 0 aliphatic rings. The summed E-state index contributed by atoms with van der Waals surface area (Å²) in [5.74, 6) is -2.13. The Morgan fingerprint density at radius 3 is 2.63 bits per heavy atom. The Bertz CT molecular complexity index is 534. The third kappa shape index (κ3) is 4.19. The monoisotopic (exact) mass is 287 g/mol. The van der Waals surface area contributed by atoms with Gasteiger partial charge in [0.1, 0.15) is 6.04 Å². The molecule has 1 atom stereocenters. The summed E-state index contributed by atoms with van der Waals surface area (Å²) in [5.41, 5.74) is 3.01. The van der Waals surface area contributed by atoms with Crippen LogP contribution in [-0.4, -0.2) is 22.8 Å². The zero-order chi connectivity index (χ0) is 14.6. The predicted octanol–water partition coefficient (Wildman–Crippen LogP) is -1.06. The fraction of sp³-hybridized carbons (Fsp3) is 0.200. The van der Waals surface area contributed by atoms with E-state index in [2.05, 4.69) is 11.1 Å². The van der Waals surface area contributed by atoms with Gasteiger partial charge in [0.05, 0.1) is 28.0 Å². The fourth-order valence-corrected chi connectivity index (χ4v) is 1.40. The largest absolute Gasteiger partial charge is 0.544 e. The Labute approximate surface area is 112 Å². The van der Waals surface area contributed by atoms with Crippen LogP contribution in [0.5, 0.6) is 0 Å². The quantitative estimate of drug-likeness (QED) is 0.524. The number of nitrogens with zero attached hydrogens (tertiary/aromatic N) is 1. The summed E-state index contributed by atoms with van der Waals surface area (Å²) < 4.78 is 0. The topological polar surface area (TPSA) is 140 Å². The molecule has 1 aromatic rings. The van der Waals surface area contributed by atoms with E-state index >= 15 is 0 Å². The lowest BCUT2D eigenvalue weighted by Gasteiger charge is -2.10. The van der Waals surface area contributed by atoms with E-state index in [9.17, 15) is 24.8 Å². The molecule has 0 unspecified atom stereocenters. The van der Waals surface area contributed by atoms with Crippen LogP contribution >= 0.6 is 11.6 Å². The maximum absolute atomic E-state index is 11.5. The summed E-state index contributed by atoms with van der Waals surface area (Å²) in [4.78, 5) is 31.8. The van der Waals surface area contributed by atoms with Crippen molar-refractivity contribution in [1.82, 2.24) is 0 Å². The second kappa shape index (κ2) is 6.12. The number of carbonyl (C=O) groups is 2. The van der Waals surface area contributed by atoms with Gasteiger partial charge in [0.15, 0.2) is 0 Å². The van der Waals surface area contributed by atoms with Gasteiger partial charge in [-0.2, -0.15) is 0 Å². The van der Waals surface area contributed by atoms with Crippen molar-refractivity contribution >= 4 is 34.9 Å². The number of amides is 1. The normalized spacial score (nSPS) is 11.7. The summed E-state index contributed by atoms with van der Waals surface area (Å²) in [6.45, 7) is 0. The minimum absolute atomic E-state index is 0.0337. The van der Waals surface area contributed by atoms with E-state index in [4.69, 9.17) is 11.6 Å². The Hall–Kier alpha value is -2.19. The number of nitro benzene ring substituents is 1. The van der Waals surface area contributed by atoms with Gasteiger partial charge in [-0.3, -0.25) is 14.9 Å². The first-order valence-electron chi connectivity index (χ1n) is 5.09. The molecular weight excluding hydrogens is 278 g/mol. The Kier molecular flexibility index (Phi) is 4.79. The first-order chi connectivity index (χ1) is 8.81. The molecule has 1 aromatic carbocycles. The molecule has 0 saturated carbocycles. The summed E-state index contributed by atoms with van der Waals surface area (Å²) >= 11 is 5.76. The summed E-state index contributed by atoms with van der Waals surface area (Å²) in [7, 11) is 0. The van der Waals surface area contributed by atoms with Gasteiger partial charge < -0.3 is 21.0 Å². The molecule has 8 nitrogen and oxygen atoms in total. The van der Waals surface area contributed by atoms with Gasteiger partial charge in [0.2, 0.25) is 5.91 Å². The van der Waals surface area contributed by atoms with E-state index in [1.165, 1.54) is 12.1 Å². The lowest BCUT2D eigenvalue weighted by Crippen LogP contribution is -2.69. The van der Waals surface area contributed by atoms with Crippen LogP contribution in [0.1, 0.15) is 6.42 Å². The highest BCUT2D eigenvalue weighted by Crippen LogP contribution is 2.26. The highest BCUT2D eigenvalue weighted by Gasteiger charge is 2.16. The van der Waals surface area contributed by atoms with Crippen molar-refractivity contribution in [3.8, 4) is 0 Å². The molecule has 0 spiro atoms. The van der Waals surface area contributed by atoms with E-state index in [1.807, 2.05) is 0 Å². The van der Waals surface area contributed by atoms with E-state index in [0.717, 1.165) is 6.07 Å². The molecule has 102 valence electrons. The molecule has 19 heavy (non-hydrogen) atoms. The van der Waals surface area contributed by atoms with Crippen LogP contribution in [0.15, 0.2) is 18.2 Å². The SMILES string of the molecule is [NH3+][C@@H](CC(=O)Nc1cc([N+](=O)[O-])ccc1Cl)C(=O)[O-]. The minimum atomic E-state index is -1.46. The van der Waals surface area contributed by atoms with Gasteiger partial charge in [-0.1, -0.05) is 11.6 Å². The van der Waals surface area contributed by atoms with Crippen LogP contribution in [-0.2, 0) is 9.59 Å². The molecular formula is C10H10ClN3O5. The smallest absolute Gasteiger partial charge is 0.271 e. The summed E-state index contributed by atoms with van der Waals surface area (Å²) in [6, 6.07) is 2.31. The van der Waals surface area contributed by atoms with Gasteiger partial charge in [-0.25, -0.2) is 0 Å². The number of benzene rings is 1. The Morgan fingerprint density at radius 2 is 2.11 bits per heavy atom. The van der Waals surface area contributed by atoms with Crippen molar-refractivity contribution in [2.75, 3.05) is 5.32 Å². The molecule has 0 saturated heterocycles. The number of anilines is 1. The van der Waals surface area contributed by atoms with Gasteiger partial charge in [-0.15, -0.1) is 0 Å². The zero-order valence-electron chi connectivity index (χ0n) is 9.59. The maximum atomic E-state index is 11.5. The number of hydrogen-bond acceptors (Lipinski definition) is 5. The highest BCUT2D eigenvalue weighted by atomic mass is 35.5. The van der Waals surface area contributed by atoms with Crippen LogP contribution in [0.25, 0.3) is 0 Å². The molecule has 1 rings (SSSR count). The molecule has 0 aliphatic carbocycles. The van der Waals surface area contributed by atoms with E-state index < -0.39 is 29.3 Å². The van der Waals surface area contributed by atoms with Gasteiger partial charge in [0.25, 0.3) is 5.69 Å². The highest BCUT2D eigenvalue weighted by molar-refractivity contribution is 6.33. The number of quaternary nitrogens is 1. The molecule has 4 N–H and O–H groups in total. The van der Waals surface area contributed by atoms with Gasteiger partial charge in [-0.05, 0) is 6.07 Å². The molecule has 0 radical (unpaired) electrons. The third-order valence-corrected chi connectivity index (χ3v) is 2.53. The average molecular weight is 288 g/mol. The number of nitro groups is 1. The number of nitrogens with one attached hydrogen (secondary N) is 1. The fourth-order valence-electron chi connectivity index (χ4n) is 1.23. The van der Waals surface area contributed by atoms with E-state index in [1.54, 1.807) is 0 Å². The van der Waals surface area contributed by atoms with Crippen LogP contribution in [0.4, 0.5) is 11.4 Å². The van der Waals surface area contributed by atoms with E-state index in [0.29, 0.717) is 0 Å². The van der Waals surface area contributed by atoms with Crippen molar-refractivity contribution in [2.45, 2.75) is 12.5 Å². The first kappa shape index (κ1) is 14.9. The van der Waals surface area contributed by atoms with Crippen molar-refractivity contribution in [2.24, 2.45) is 0 Å². The first-order valence-corrected chi connectivity index (χ1v) is 5.46. The second-order valence-corrected chi connectivity index (χ2v) is 4.10. The lowest BCUT2D eigenvalue weighted by atomic mass is 10.2. The minimum Gasteiger partial charge on any atom is -0.544 e. The van der Waals surface area contributed by atoms with Crippen LogP contribution in [0.2, 0.25) is 5.02 Å². The number of carbonyl (C=O) groups excluding carboxylic acids is 2. The number of carboxylic acid groups (broad SMARTS) is 1.